The van der Waals surface area contributed by atoms with Crippen molar-refractivity contribution in [2.45, 2.75) is 27.3 Å². The molecule has 0 unspecified atom stereocenters. The summed E-state index contributed by atoms with van der Waals surface area (Å²) in [5.74, 6) is -0.000860. The van der Waals surface area contributed by atoms with Crippen LogP contribution in [0.2, 0.25) is 0 Å². The normalized spacial score (nSPS) is 14.5. The van der Waals surface area contributed by atoms with E-state index in [9.17, 15) is 4.79 Å². The van der Waals surface area contributed by atoms with Crippen LogP contribution in [0.1, 0.15) is 32.9 Å². The third-order valence-corrected chi connectivity index (χ3v) is 5.58. The summed E-state index contributed by atoms with van der Waals surface area (Å²) < 4.78 is 7.71. The van der Waals surface area contributed by atoms with Crippen LogP contribution < -0.4 is 10.2 Å². The van der Waals surface area contributed by atoms with Crippen LogP contribution in [-0.2, 0) is 11.3 Å². The molecule has 0 radical (unpaired) electrons. The van der Waals surface area contributed by atoms with Crippen LogP contribution >= 0.6 is 0 Å². The van der Waals surface area contributed by atoms with Gasteiger partial charge in [0.25, 0.3) is 5.91 Å². The molecule has 29 heavy (non-hydrogen) atoms. The van der Waals surface area contributed by atoms with E-state index >= 15 is 0 Å². The molecule has 6 heteroatoms. The highest BCUT2D eigenvalue weighted by Gasteiger charge is 2.26. The number of carbonyl (C=O) groups excluding carboxylic acids is 1. The first-order valence-electron chi connectivity index (χ1n) is 10.4. The number of anilines is 1. The Bertz CT molecular complexity index is 834. The lowest BCUT2D eigenvalue weighted by atomic mass is 10.1. The van der Waals surface area contributed by atoms with Crippen molar-refractivity contribution in [3.63, 3.8) is 0 Å². The van der Waals surface area contributed by atoms with Gasteiger partial charge in [-0.3, -0.25) is 4.79 Å². The summed E-state index contributed by atoms with van der Waals surface area (Å²) in [6.45, 7) is 11.6. The molecule has 0 atom stereocenters. The first-order chi connectivity index (χ1) is 13.9. The minimum atomic E-state index is -0.000860. The summed E-state index contributed by atoms with van der Waals surface area (Å²) in [6, 6.07) is 8.54. The van der Waals surface area contributed by atoms with E-state index in [1.54, 1.807) is 0 Å². The number of carbonyl (C=O) groups is 1. The van der Waals surface area contributed by atoms with Crippen LogP contribution in [-0.4, -0.2) is 68.9 Å². The zero-order valence-electron chi connectivity index (χ0n) is 18.4. The number of likely N-dealkylation sites (N-methyl/N-ethyl adjacent to an activating group) is 1. The number of nitrogens with zero attached hydrogens (tertiary/aromatic N) is 3. The Morgan fingerprint density at radius 2 is 1.76 bits per heavy atom. The molecule has 1 saturated heterocycles. The summed E-state index contributed by atoms with van der Waals surface area (Å²) in [6.07, 6.45) is 0. The summed E-state index contributed by atoms with van der Waals surface area (Å²) in [4.78, 5) is 17.6. The molecule has 1 aliphatic heterocycles. The molecule has 1 fully saturated rings. The molecule has 1 N–H and O–H groups in total. The average Bonchev–Trinajstić information content (AvgIpc) is 2.93. The molecule has 1 aromatic heterocycles. The van der Waals surface area contributed by atoms with Gasteiger partial charge in [-0.05, 0) is 40.4 Å². The van der Waals surface area contributed by atoms with Crippen LogP contribution in [0.4, 0.5) is 5.69 Å². The molecule has 0 aliphatic carbocycles. The van der Waals surface area contributed by atoms with Gasteiger partial charge < -0.3 is 24.4 Å². The number of hydrogen-bond donors (Lipinski definition) is 1. The third kappa shape index (κ3) is 5.00. The molecule has 0 bridgehead atoms. The Morgan fingerprint density at radius 1 is 1.10 bits per heavy atom. The largest absolute Gasteiger partial charge is 0.378 e. The number of hydrogen-bond acceptors (Lipinski definition) is 4. The predicted molar refractivity (Wildman–Crippen MR) is 118 cm³/mol. The lowest BCUT2D eigenvalue weighted by molar-refractivity contribution is 0.0941. The van der Waals surface area contributed by atoms with Crippen LogP contribution in [0.15, 0.2) is 24.3 Å². The fourth-order valence-corrected chi connectivity index (χ4v) is 3.98. The fraction of sp³-hybridized carbons (Fsp3) is 0.522. The van der Waals surface area contributed by atoms with Crippen molar-refractivity contribution in [3.8, 4) is 0 Å². The van der Waals surface area contributed by atoms with Crippen molar-refractivity contribution in [3.05, 3.63) is 52.3 Å². The Morgan fingerprint density at radius 3 is 2.38 bits per heavy atom. The summed E-state index contributed by atoms with van der Waals surface area (Å²) >= 11 is 0. The van der Waals surface area contributed by atoms with Gasteiger partial charge in [0.2, 0.25) is 0 Å². The van der Waals surface area contributed by atoms with Crippen LogP contribution in [0, 0.1) is 20.8 Å². The van der Waals surface area contributed by atoms with Crippen molar-refractivity contribution in [2.75, 3.05) is 58.4 Å². The fourth-order valence-electron chi connectivity index (χ4n) is 3.98. The maximum atomic E-state index is 13.2. The molecule has 0 saturated carbocycles. The van der Waals surface area contributed by atoms with Crippen molar-refractivity contribution < 1.29 is 9.53 Å². The Labute approximate surface area is 174 Å². The van der Waals surface area contributed by atoms with Crippen molar-refractivity contribution >= 4 is 11.6 Å². The molecular formula is C23H34N4O2. The molecule has 0 spiro atoms. The van der Waals surface area contributed by atoms with E-state index in [2.05, 4.69) is 64.7 Å². The minimum Gasteiger partial charge on any atom is -0.378 e. The van der Waals surface area contributed by atoms with Gasteiger partial charge in [0.05, 0.1) is 18.9 Å². The van der Waals surface area contributed by atoms with E-state index in [0.717, 1.165) is 49.8 Å². The number of rotatable bonds is 7. The van der Waals surface area contributed by atoms with E-state index in [0.29, 0.717) is 13.1 Å². The third-order valence-electron chi connectivity index (χ3n) is 5.58. The Balaban J connectivity index is 1.96. The number of aryl methyl sites for hydroxylation is 1. The summed E-state index contributed by atoms with van der Waals surface area (Å²) in [7, 11) is 4.02. The monoisotopic (exact) mass is 398 g/mol. The lowest BCUT2D eigenvalue weighted by Gasteiger charge is -2.29. The second-order valence-corrected chi connectivity index (χ2v) is 8.14. The molecule has 2 aromatic rings. The van der Waals surface area contributed by atoms with Gasteiger partial charge in [-0.15, -0.1) is 0 Å². The minimum absolute atomic E-state index is 0.000860. The summed E-state index contributed by atoms with van der Waals surface area (Å²) in [5.41, 5.74) is 6.58. The second-order valence-electron chi connectivity index (χ2n) is 8.14. The number of ether oxygens (including phenoxy) is 1. The van der Waals surface area contributed by atoms with Crippen LogP contribution in [0.25, 0.3) is 0 Å². The predicted octanol–water partition coefficient (Wildman–Crippen LogP) is 2.59. The number of amides is 1. The van der Waals surface area contributed by atoms with Crippen molar-refractivity contribution in [2.24, 2.45) is 0 Å². The number of benzene rings is 1. The van der Waals surface area contributed by atoms with Gasteiger partial charge in [-0.1, -0.05) is 29.8 Å². The molecular weight excluding hydrogens is 364 g/mol. The smallest absolute Gasteiger partial charge is 0.268 e. The van der Waals surface area contributed by atoms with Crippen LogP contribution in [0.3, 0.4) is 0 Å². The number of morpholine rings is 1. The maximum Gasteiger partial charge on any atom is 0.268 e. The van der Waals surface area contributed by atoms with Gasteiger partial charge in [-0.2, -0.15) is 0 Å². The zero-order valence-corrected chi connectivity index (χ0v) is 18.4. The SMILES string of the molecule is Cc1ccc(Cn2c(C)c(N3CCOCC3)c(C)c2C(=O)NCCN(C)C)cc1. The Hall–Kier alpha value is -2.31. The van der Waals surface area contributed by atoms with Crippen molar-refractivity contribution in [1.82, 2.24) is 14.8 Å². The number of nitrogens with one attached hydrogen (secondary N) is 1. The van der Waals surface area contributed by atoms with Gasteiger partial charge >= 0.3 is 0 Å². The average molecular weight is 399 g/mol. The molecule has 1 aromatic carbocycles. The van der Waals surface area contributed by atoms with Crippen molar-refractivity contribution in [1.29, 1.82) is 0 Å². The molecule has 2 heterocycles. The van der Waals surface area contributed by atoms with E-state index in [4.69, 9.17) is 4.74 Å². The highest BCUT2D eigenvalue weighted by atomic mass is 16.5. The standard InChI is InChI=1S/C23H34N4O2/c1-17-6-8-20(9-7-17)16-27-19(3)21(26-12-14-29-15-13-26)18(2)22(27)23(28)24-10-11-25(4)5/h6-9H,10-16H2,1-5H3,(H,24,28). The lowest BCUT2D eigenvalue weighted by Crippen LogP contribution is -2.37. The van der Waals surface area contributed by atoms with E-state index in [1.807, 2.05) is 14.1 Å². The molecule has 6 nitrogen and oxygen atoms in total. The Kier molecular flexibility index (Phi) is 6.98. The first kappa shape index (κ1) is 21.4. The second kappa shape index (κ2) is 9.46. The maximum absolute atomic E-state index is 13.2. The highest BCUT2D eigenvalue weighted by Crippen LogP contribution is 2.32. The molecule has 1 amide bonds. The quantitative estimate of drug-likeness (QED) is 0.779. The topological polar surface area (TPSA) is 49.7 Å². The zero-order chi connectivity index (χ0) is 21.0. The van der Waals surface area contributed by atoms with E-state index in [-0.39, 0.29) is 5.91 Å². The highest BCUT2D eigenvalue weighted by molar-refractivity contribution is 5.96. The van der Waals surface area contributed by atoms with Gasteiger partial charge in [0.1, 0.15) is 5.69 Å². The van der Waals surface area contributed by atoms with Crippen LogP contribution in [0.5, 0.6) is 0 Å². The molecule has 1 aliphatic rings. The van der Waals surface area contributed by atoms with Gasteiger partial charge in [0, 0.05) is 44.0 Å². The molecule has 3 rings (SSSR count). The van der Waals surface area contributed by atoms with Gasteiger partial charge in [0.15, 0.2) is 0 Å². The van der Waals surface area contributed by atoms with E-state index < -0.39 is 0 Å². The van der Waals surface area contributed by atoms with Gasteiger partial charge in [-0.25, -0.2) is 0 Å². The summed E-state index contributed by atoms with van der Waals surface area (Å²) in [5, 5.41) is 3.11. The first-order valence-corrected chi connectivity index (χ1v) is 10.4. The molecule has 158 valence electrons. The van der Waals surface area contributed by atoms with E-state index in [1.165, 1.54) is 16.8 Å². The number of aromatic nitrogens is 1.